The fraction of sp³-hybridized carbons (Fsp3) is 0.571. The maximum atomic E-state index is 4.35. The van der Waals surface area contributed by atoms with Gasteiger partial charge in [0.1, 0.15) is 0 Å². The highest BCUT2D eigenvalue weighted by atomic mass is 79.9. The summed E-state index contributed by atoms with van der Waals surface area (Å²) in [5.41, 5.74) is 1.10. The summed E-state index contributed by atoms with van der Waals surface area (Å²) >= 11 is 7.51. The fourth-order valence-electron chi connectivity index (χ4n) is 1.06. The van der Waals surface area contributed by atoms with Crippen LogP contribution >= 0.6 is 28.6 Å². The first kappa shape index (κ1) is 9.29. The molecule has 0 spiro atoms. The van der Waals surface area contributed by atoms with E-state index in [1.807, 2.05) is 0 Å². The molecule has 0 bridgehead atoms. The van der Waals surface area contributed by atoms with E-state index in [-0.39, 0.29) is 0 Å². The van der Waals surface area contributed by atoms with Crippen LogP contribution in [0.15, 0.2) is 15.6 Å². The van der Waals surface area contributed by atoms with Crippen molar-refractivity contribution in [3.8, 4) is 0 Å². The molecular weight excluding hydrogens is 224 g/mol. The number of nitrogens with zero attached hydrogens (tertiary/aromatic N) is 2. The van der Waals surface area contributed by atoms with Gasteiger partial charge in [0.25, 0.3) is 0 Å². The second-order valence-electron chi connectivity index (χ2n) is 2.61. The molecule has 1 aliphatic rings. The number of hydrogen-bond donors (Lipinski definition) is 1. The van der Waals surface area contributed by atoms with Gasteiger partial charge in [-0.1, -0.05) is 0 Å². The lowest BCUT2D eigenvalue weighted by Gasteiger charge is -2.22. The molecule has 4 heteroatoms. The molecule has 0 saturated carbocycles. The van der Waals surface area contributed by atoms with Crippen LogP contribution in [0.25, 0.3) is 0 Å². The van der Waals surface area contributed by atoms with Crippen molar-refractivity contribution in [1.82, 2.24) is 4.90 Å². The van der Waals surface area contributed by atoms with E-state index in [4.69, 9.17) is 0 Å². The largest absolute Gasteiger partial charge is 0.301 e. The highest BCUT2D eigenvalue weighted by Crippen LogP contribution is 2.20. The molecule has 1 rings (SSSR count). The van der Waals surface area contributed by atoms with E-state index in [0.29, 0.717) is 0 Å². The smallest absolute Gasteiger partial charge is 0.0699 e. The van der Waals surface area contributed by atoms with Crippen LogP contribution in [0.4, 0.5) is 0 Å². The Morgan fingerprint density at radius 2 is 2.45 bits per heavy atom. The molecule has 0 amide bonds. The summed E-state index contributed by atoms with van der Waals surface area (Å²) in [5.74, 6) is 0. The Hall–Kier alpha value is 0.200. The molecule has 0 radical (unpaired) electrons. The van der Waals surface area contributed by atoms with E-state index in [0.717, 1.165) is 30.1 Å². The van der Waals surface area contributed by atoms with Crippen molar-refractivity contribution in [2.45, 2.75) is 6.42 Å². The Morgan fingerprint density at radius 3 is 3.00 bits per heavy atom. The lowest BCUT2D eigenvalue weighted by atomic mass is 10.2. The monoisotopic (exact) mass is 234 g/mol. The molecule has 2 nitrogen and oxygen atoms in total. The average molecular weight is 235 g/mol. The van der Waals surface area contributed by atoms with Crippen LogP contribution in [0, 0.1) is 0 Å². The fourth-order valence-corrected chi connectivity index (χ4v) is 1.72. The molecule has 0 fully saturated rings. The summed E-state index contributed by atoms with van der Waals surface area (Å²) in [6, 6.07) is 0. The molecule has 0 aromatic heterocycles. The normalized spacial score (nSPS) is 21.7. The van der Waals surface area contributed by atoms with Crippen LogP contribution in [-0.2, 0) is 0 Å². The number of hydrogen-bond acceptors (Lipinski definition) is 3. The van der Waals surface area contributed by atoms with Crippen molar-refractivity contribution >= 4 is 33.7 Å². The Balaban J connectivity index is 2.69. The van der Waals surface area contributed by atoms with E-state index in [9.17, 15) is 0 Å². The molecule has 1 aliphatic heterocycles. The summed E-state index contributed by atoms with van der Waals surface area (Å²) in [4.78, 5) is 7.48. The van der Waals surface area contributed by atoms with E-state index in [1.54, 1.807) is 5.12 Å². The van der Waals surface area contributed by atoms with Gasteiger partial charge in [-0.05, 0) is 23.0 Å². The molecule has 0 unspecified atom stereocenters. The molecule has 0 aromatic carbocycles. The van der Waals surface area contributed by atoms with Crippen molar-refractivity contribution in [2.24, 2.45) is 4.99 Å². The van der Waals surface area contributed by atoms with Crippen LogP contribution in [0.2, 0.25) is 0 Å². The van der Waals surface area contributed by atoms with E-state index in [1.165, 1.54) is 0 Å². The minimum atomic E-state index is 0.919. The van der Waals surface area contributed by atoms with E-state index in [2.05, 4.69) is 45.5 Å². The second kappa shape index (κ2) is 4.28. The quantitative estimate of drug-likeness (QED) is 0.542. The Labute approximate surface area is 80.9 Å². The molecule has 0 aliphatic carbocycles. The molecule has 1 heterocycles. The highest BCUT2D eigenvalue weighted by molar-refractivity contribution is 9.17. The zero-order valence-electron chi connectivity index (χ0n) is 6.42. The lowest BCUT2D eigenvalue weighted by Crippen LogP contribution is -2.26. The first-order valence-electron chi connectivity index (χ1n) is 3.46. The summed E-state index contributed by atoms with van der Waals surface area (Å²) in [5, 5.41) is 1.64. The van der Waals surface area contributed by atoms with E-state index >= 15 is 0 Å². The predicted molar refractivity (Wildman–Crippen MR) is 55.5 cm³/mol. The Morgan fingerprint density at radius 1 is 1.73 bits per heavy atom. The zero-order chi connectivity index (χ0) is 8.27. The van der Waals surface area contributed by atoms with Gasteiger partial charge in [-0.15, -0.1) is 12.6 Å². The van der Waals surface area contributed by atoms with E-state index < -0.39 is 0 Å². The summed E-state index contributed by atoms with van der Waals surface area (Å²) in [6.07, 6.45) is 0.997. The van der Waals surface area contributed by atoms with Gasteiger partial charge < -0.3 is 4.90 Å². The lowest BCUT2D eigenvalue weighted by molar-refractivity contribution is 0.355. The van der Waals surface area contributed by atoms with Gasteiger partial charge in [0.15, 0.2) is 0 Å². The molecule has 62 valence electrons. The number of thiol groups is 1. The van der Waals surface area contributed by atoms with Crippen molar-refractivity contribution in [3.05, 3.63) is 10.6 Å². The Bertz CT molecular complexity index is 201. The third-order valence-electron chi connectivity index (χ3n) is 1.69. The van der Waals surface area contributed by atoms with Crippen LogP contribution in [-0.4, -0.2) is 30.2 Å². The van der Waals surface area contributed by atoms with Crippen molar-refractivity contribution in [2.75, 3.05) is 20.1 Å². The predicted octanol–water partition coefficient (Wildman–Crippen LogP) is 1.89. The van der Waals surface area contributed by atoms with Crippen molar-refractivity contribution < 1.29 is 0 Å². The van der Waals surface area contributed by atoms with Gasteiger partial charge in [-0.3, -0.25) is 4.99 Å². The second-order valence-corrected chi connectivity index (χ2v) is 3.56. The first-order chi connectivity index (χ1) is 5.24. The van der Waals surface area contributed by atoms with Crippen LogP contribution in [0.3, 0.4) is 0 Å². The molecule has 0 aromatic rings. The molecule has 11 heavy (non-hydrogen) atoms. The topological polar surface area (TPSA) is 15.6 Å². The van der Waals surface area contributed by atoms with Crippen molar-refractivity contribution in [3.63, 3.8) is 0 Å². The summed E-state index contributed by atoms with van der Waals surface area (Å²) in [6.45, 7) is 1.99. The SMILES string of the molecule is CN1CCC(N=CBr)=C(S)C1. The number of likely N-dealkylation sites (N-methyl/N-ethyl adjacent to an activating group) is 1. The van der Waals surface area contributed by atoms with Crippen LogP contribution in [0.5, 0.6) is 0 Å². The number of halogens is 1. The number of rotatable bonds is 1. The van der Waals surface area contributed by atoms with Gasteiger partial charge in [0.05, 0.1) is 10.8 Å². The standard InChI is InChI=1S/C7H11BrN2S/c1-10-3-2-6(9-5-8)7(11)4-10/h5,11H,2-4H2,1H3. The van der Waals surface area contributed by atoms with Crippen LogP contribution in [0.1, 0.15) is 6.42 Å². The molecular formula is C7H11BrN2S. The Kier molecular flexibility index (Phi) is 3.62. The molecule has 0 saturated heterocycles. The van der Waals surface area contributed by atoms with Crippen molar-refractivity contribution in [1.29, 1.82) is 0 Å². The van der Waals surface area contributed by atoms with Gasteiger partial charge in [-0.2, -0.15) is 0 Å². The minimum Gasteiger partial charge on any atom is -0.301 e. The zero-order valence-corrected chi connectivity index (χ0v) is 8.90. The first-order valence-corrected chi connectivity index (χ1v) is 4.82. The van der Waals surface area contributed by atoms with Gasteiger partial charge in [-0.25, -0.2) is 0 Å². The summed E-state index contributed by atoms with van der Waals surface area (Å²) in [7, 11) is 2.09. The highest BCUT2D eigenvalue weighted by Gasteiger charge is 2.11. The number of aliphatic imine (C=N–C) groups is 1. The summed E-state index contributed by atoms with van der Waals surface area (Å²) < 4.78 is 0. The molecule has 0 atom stereocenters. The molecule has 0 N–H and O–H groups in total. The third kappa shape index (κ3) is 2.61. The minimum absolute atomic E-state index is 0.919. The third-order valence-corrected chi connectivity index (χ3v) is 2.29. The van der Waals surface area contributed by atoms with Gasteiger partial charge >= 0.3 is 0 Å². The van der Waals surface area contributed by atoms with Gasteiger partial charge in [0, 0.05) is 24.4 Å². The average Bonchev–Trinajstić information content (AvgIpc) is 1.95. The maximum Gasteiger partial charge on any atom is 0.0699 e. The maximum absolute atomic E-state index is 4.35. The van der Waals surface area contributed by atoms with Gasteiger partial charge in [0.2, 0.25) is 0 Å². The van der Waals surface area contributed by atoms with Crippen LogP contribution < -0.4 is 0 Å².